The molecule has 2 nitrogen and oxygen atoms in total. The van der Waals surface area contributed by atoms with Gasteiger partial charge in [0.05, 0.1) is 6.10 Å². The molecule has 2 unspecified atom stereocenters. The van der Waals surface area contributed by atoms with Crippen LogP contribution in [0, 0.1) is 23.2 Å². The summed E-state index contributed by atoms with van der Waals surface area (Å²) in [7, 11) is 0. The second-order valence-corrected chi connectivity index (χ2v) is 8.04. The third-order valence-corrected chi connectivity index (χ3v) is 6.69. The highest BCUT2D eigenvalue weighted by Gasteiger charge is 2.52. The Kier molecular flexibility index (Phi) is 3.42. The molecule has 0 radical (unpaired) electrons. The number of fused-ring (bicyclic) bond motifs is 1. The van der Waals surface area contributed by atoms with E-state index in [1.165, 1.54) is 57.8 Å². The summed E-state index contributed by atoms with van der Waals surface area (Å²) in [6.45, 7) is 1.95. The lowest BCUT2D eigenvalue weighted by Gasteiger charge is -2.58. The average molecular weight is 275 g/mol. The SMILES string of the molecule is O[C@H](CNCC12CC=C3C(CC3C1)C2)C1CCCCC1. The van der Waals surface area contributed by atoms with Crippen molar-refractivity contribution in [2.75, 3.05) is 13.1 Å². The van der Waals surface area contributed by atoms with Gasteiger partial charge in [-0.15, -0.1) is 0 Å². The second-order valence-electron chi connectivity index (χ2n) is 8.04. The Hall–Kier alpha value is -0.340. The summed E-state index contributed by atoms with van der Waals surface area (Å²) in [6, 6.07) is 0. The Labute approximate surface area is 123 Å². The number of allylic oxidation sites excluding steroid dienone is 2. The maximum atomic E-state index is 10.4. The Bertz CT molecular complexity index is 382. The van der Waals surface area contributed by atoms with Crippen molar-refractivity contribution in [1.29, 1.82) is 0 Å². The van der Waals surface area contributed by atoms with Gasteiger partial charge in [0.2, 0.25) is 0 Å². The van der Waals surface area contributed by atoms with Crippen LogP contribution < -0.4 is 5.32 Å². The number of aliphatic hydroxyl groups excluding tert-OH is 1. The minimum atomic E-state index is -0.112. The molecule has 4 fully saturated rings. The third kappa shape index (κ3) is 2.25. The normalized spacial score (nSPS) is 41.1. The van der Waals surface area contributed by atoms with Gasteiger partial charge in [-0.05, 0) is 61.7 Å². The molecule has 0 aliphatic heterocycles. The fourth-order valence-electron chi connectivity index (χ4n) is 5.54. The van der Waals surface area contributed by atoms with E-state index in [9.17, 15) is 5.11 Å². The number of aliphatic hydroxyl groups is 1. The van der Waals surface area contributed by atoms with E-state index in [2.05, 4.69) is 11.4 Å². The quantitative estimate of drug-likeness (QED) is 0.755. The summed E-state index contributed by atoms with van der Waals surface area (Å²) in [6.07, 6.45) is 14.5. The Balaban J connectivity index is 1.26. The van der Waals surface area contributed by atoms with E-state index in [4.69, 9.17) is 0 Å². The van der Waals surface area contributed by atoms with Gasteiger partial charge in [0.1, 0.15) is 0 Å². The Morgan fingerprint density at radius 3 is 2.65 bits per heavy atom. The van der Waals surface area contributed by atoms with E-state index in [1.54, 1.807) is 5.57 Å². The molecule has 3 atom stereocenters. The predicted octanol–water partition coefficient (Wildman–Crippen LogP) is 3.26. The van der Waals surface area contributed by atoms with Gasteiger partial charge in [0.25, 0.3) is 0 Å². The van der Waals surface area contributed by atoms with Gasteiger partial charge in [0, 0.05) is 13.1 Å². The first kappa shape index (κ1) is 13.3. The highest BCUT2D eigenvalue weighted by molar-refractivity contribution is 5.30. The summed E-state index contributed by atoms with van der Waals surface area (Å²) < 4.78 is 0. The van der Waals surface area contributed by atoms with Crippen LogP contribution in [0.1, 0.15) is 57.8 Å². The van der Waals surface area contributed by atoms with Crippen molar-refractivity contribution in [2.24, 2.45) is 23.2 Å². The van der Waals surface area contributed by atoms with E-state index in [1.807, 2.05) is 0 Å². The van der Waals surface area contributed by atoms with Gasteiger partial charge in [0.15, 0.2) is 0 Å². The average Bonchev–Trinajstić information content (AvgIpc) is 2.48. The molecule has 2 heteroatoms. The first-order valence-corrected chi connectivity index (χ1v) is 8.84. The van der Waals surface area contributed by atoms with E-state index >= 15 is 0 Å². The lowest BCUT2D eigenvalue weighted by molar-refractivity contribution is 0.0306. The van der Waals surface area contributed by atoms with Gasteiger partial charge in [-0.2, -0.15) is 0 Å². The van der Waals surface area contributed by atoms with Gasteiger partial charge >= 0.3 is 0 Å². The molecule has 6 rings (SSSR count). The largest absolute Gasteiger partial charge is 0.392 e. The second kappa shape index (κ2) is 5.14. The highest BCUT2D eigenvalue weighted by atomic mass is 16.3. The molecule has 0 heterocycles. The summed E-state index contributed by atoms with van der Waals surface area (Å²) in [5, 5.41) is 14.0. The van der Waals surface area contributed by atoms with Gasteiger partial charge in [-0.25, -0.2) is 0 Å². The van der Waals surface area contributed by atoms with Crippen LogP contribution in [-0.4, -0.2) is 24.3 Å². The topological polar surface area (TPSA) is 32.3 Å². The van der Waals surface area contributed by atoms with E-state index in [-0.39, 0.29) is 6.10 Å². The van der Waals surface area contributed by atoms with Crippen LogP contribution in [0.2, 0.25) is 0 Å². The van der Waals surface area contributed by atoms with Crippen molar-refractivity contribution in [3.8, 4) is 0 Å². The smallest absolute Gasteiger partial charge is 0.0692 e. The van der Waals surface area contributed by atoms with Crippen LogP contribution in [0.15, 0.2) is 11.6 Å². The molecule has 0 spiro atoms. The van der Waals surface area contributed by atoms with Gasteiger partial charge in [-0.1, -0.05) is 30.9 Å². The zero-order valence-corrected chi connectivity index (χ0v) is 12.6. The molecule has 112 valence electrons. The Morgan fingerprint density at radius 1 is 1.20 bits per heavy atom. The standard InChI is InChI=1S/C18H29NO/c20-17(13-4-2-1-3-5-13)11-19-12-18-7-6-16-14(9-18)8-15(16)10-18/h6,13-15,17,19-20H,1-5,7-12H2/t14?,15?,17-,18?/m1/s1. The lowest BCUT2D eigenvalue weighted by Crippen LogP contribution is -2.51. The van der Waals surface area contributed by atoms with Crippen molar-refractivity contribution in [2.45, 2.75) is 63.9 Å². The molecule has 0 saturated heterocycles. The molecule has 0 aromatic heterocycles. The maximum Gasteiger partial charge on any atom is 0.0692 e. The molecule has 6 aliphatic rings. The van der Waals surface area contributed by atoms with Crippen molar-refractivity contribution in [3.63, 3.8) is 0 Å². The van der Waals surface area contributed by atoms with Gasteiger partial charge in [-0.3, -0.25) is 0 Å². The van der Waals surface area contributed by atoms with Crippen LogP contribution in [0.3, 0.4) is 0 Å². The van der Waals surface area contributed by atoms with Crippen molar-refractivity contribution in [3.05, 3.63) is 11.6 Å². The number of rotatable bonds is 5. The summed E-state index contributed by atoms with van der Waals surface area (Å²) >= 11 is 0. The molecule has 0 aromatic carbocycles. The van der Waals surface area contributed by atoms with Crippen LogP contribution >= 0.6 is 0 Å². The van der Waals surface area contributed by atoms with Gasteiger partial charge < -0.3 is 10.4 Å². The number of hydrogen-bond donors (Lipinski definition) is 2. The van der Waals surface area contributed by atoms with Crippen LogP contribution in [-0.2, 0) is 0 Å². The van der Waals surface area contributed by atoms with Crippen LogP contribution in [0.4, 0.5) is 0 Å². The minimum Gasteiger partial charge on any atom is -0.392 e. The summed E-state index contributed by atoms with van der Waals surface area (Å²) in [5.74, 6) is 2.44. The monoisotopic (exact) mass is 275 g/mol. The molecule has 4 saturated carbocycles. The Morgan fingerprint density at radius 2 is 1.95 bits per heavy atom. The van der Waals surface area contributed by atoms with Crippen molar-refractivity contribution >= 4 is 0 Å². The van der Waals surface area contributed by atoms with Crippen LogP contribution in [0.5, 0.6) is 0 Å². The number of nitrogens with one attached hydrogen (secondary N) is 1. The van der Waals surface area contributed by atoms with E-state index < -0.39 is 0 Å². The fourth-order valence-corrected chi connectivity index (χ4v) is 5.54. The molecule has 6 aliphatic carbocycles. The molecular weight excluding hydrogens is 246 g/mol. The van der Waals surface area contributed by atoms with Crippen molar-refractivity contribution in [1.82, 2.24) is 5.32 Å². The zero-order chi connectivity index (χ0) is 13.6. The third-order valence-electron chi connectivity index (χ3n) is 6.69. The molecule has 4 bridgehead atoms. The molecule has 20 heavy (non-hydrogen) atoms. The molecular formula is C18H29NO. The fraction of sp³-hybridized carbons (Fsp3) is 0.889. The summed E-state index contributed by atoms with van der Waals surface area (Å²) in [5.41, 5.74) is 2.34. The summed E-state index contributed by atoms with van der Waals surface area (Å²) in [4.78, 5) is 0. The maximum absolute atomic E-state index is 10.4. The molecule has 0 aromatic rings. The first-order valence-electron chi connectivity index (χ1n) is 8.84. The predicted molar refractivity (Wildman–Crippen MR) is 81.4 cm³/mol. The van der Waals surface area contributed by atoms with Crippen LogP contribution in [0.25, 0.3) is 0 Å². The highest BCUT2D eigenvalue weighted by Crippen LogP contribution is 2.62. The molecule has 0 amide bonds. The minimum absolute atomic E-state index is 0.112. The van der Waals surface area contributed by atoms with Crippen molar-refractivity contribution < 1.29 is 5.11 Å². The zero-order valence-electron chi connectivity index (χ0n) is 12.6. The molecule has 2 N–H and O–H groups in total. The number of hydrogen-bond acceptors (Lipinski definition) is 2. The lowest BCUT2D eigenvalue weighted by atomic mass is 9.48. The van der Waals surface area contributed by atoms with E-state index in [0.29, 0.717) is 11.3 Å². The first-order chi connectivity index (χ1) is 9.76. The van der Waals surface area contributed by atoms with E-state index in [0.717, 1.165) is 24.9 Å².